The van der Waals surface area contributed by atoms with Gasteiger partial charge in [-0.3, -0.25) is 20.2 Å². The van der Waals surface area contributed by atoms with Gasteiger partial charge in [-0.1, -0.05) is 12.1 Å². The molecule has 0 spiro atoms. The average molecular weight is 501 g/mol. The van der Waals surface area contributed by atoms with Crippen molar-refractivity contribution in [1.29, 1.82) is 0 Å². The number of benzene rings is 2. The summed E-state index contributed by atoms with van der Waals surface area (Å²) in [6.45, 7) is 4.84. The molecule has 148 valence electrons. The maximum Gasteiger partial charge on any atom is 0.269 e. The molecule has 8 heteroatoms. The average Bonchev–Trinajstić information content (AvgIpc) is 3.09. The Hall–Kier alpha value is -3.01. The van der Waals surface area contributed by atoms with Crippen molar-refractivity contribution in [2.45, 2.75) is 20.4 Å². The Kier molecular flexibility index (Phi) is 6.76. The normalized spacial score (nSPS) is 11.8. The molecule has 7 nitrogen and oxygen atoms in total. The number of anilines is 1. The van der Waals surface area contributed by atoms with E-state index in [-0.39, 0.29) is 5.69 Å². The highest BCUT2D eigenvalue weighted by Gasteiger charge is 2.06. The molecule has 0 aliphatic heterocycles. The third-order valence-corrected chi connectivity index (χ3v) is 4.97. The highest BCUT2D eigenvalue weighted by Crippen LogP contribution is 2.17. The number of nitro groups is 1. The summed E-state index contributed by atoms with van der Waals surface area (Å²) in [5, 5.41) is 19.8. The molecule has 0 saturated carbocycles. The maximum atomic E-state index is 10.8. The van der Waals surface area contributed by atoms with Crippen LogP contribution in [0.15, 0.2) is 65.9 Å². The van der Waals surface area contributed by atoms with Crippen molar-refractivity contribution in [1.82, 2.24) is 9.78 Å². The molecular formula is C21H20IN5O2. The zero-order chi connectivity index (χ0) is 20.8. The second-order valence-corrected chi connectivity index (χ2v) is 7.52. The molecule has 3 rings (SSSR count). The van der Waals surface area contributed by atoms with Gasteiger partial charge in [-0.05, 0) is 72.9 Å². The second kappa shape index (κ2) is 9.46. The van der Waals surface area contributed by atoms with Crippen LogP contribution in [0.25, 0.3) is 6.08 Å². The number of nitro benzene ring substituents is 1. The van der Waals surface area contributed by atoms with E-state index in [1.165, 1.54) is 12.1 Å². The Bertz CT molecular complexity index is 1050. The molecule has 3 aromatic rings. The number of hydrogen-bond donors (Lipinski definition) is 1. The number of nitrogens with one attached hydrogen (secondary N) is 1. The van der Waals surface area contributed by atoms with Gasteiger partial charge in [-0.15, -0.1) is 0 Å². The van der Waals surface area contributed by atoms with E-state index in [2.05, 4.69) is 38.2 Å². The Morgan fingerprint density at radius 2 is 1.93 bits per heavy atom. The summed E-state index contributed by atoms with van der Waals surface area (Å²) in [5.74, 6) is 0. The fraction of sp³-hybridized carbons (Fsp3) is 0.143. The Labute approximate surface area is 182 Å². The van der Waals surface area contributed by atoms with Crippen molar-refractivity contribution in [3.8, 4) is 0 Å². The van der Waals surface area contributed by atoms with Gasteiger partial charge in [0, 0.05) is 39.6 Å². The maximum absolute atomic E-state index is 10.8. The Balaban J connectivity index is 1.88. The van der Waals surface area contributed by atoms with Crippen LogP contribution in [0, 0.1) is 20.6 Å². The first-order valence-corrected chi connectivity index (χ1v) is 10.1. The molecule has 0 saturated heterocycles. The van der Waals surface area contributed by atoms with Crippen LogP contribution in [0.1, 0.15) is 23.7 Å². The van der Waals surface area contributed by atoms with Gasteiger partial charge in [-0.2, -0.15) is 10.2 Å². The lowest BCUT2D eigenvalue weighted by atomic mass is 10.1. The number of hydrazone groups is 1. The molecule has 1 heterocycles. The second-order valence-electron chi connectivity index (χ2n) is 6.28. The summed E-state index contributed by atoms with van der Waals surface area (Å²) >= 11 is 2.26. The minimum atomic E-state index is -0.425. The van der Waals surface area contributed by atoms with Crippen LogP contribution in [0.3, 0.4) is 0 Å². The third kappa shape index (κ3) is 5.50. The number of halogens is 1. The summed E-state index contributed by atoms with van der Waals surface area (Å²) in [7, 11) is 0. The molecule has 0 atom stereocenters. The Morgan fingerprint density at radius 3 is 2.52 bits per heavy atom. The molecule has 2 aromatic carbocycles. The van der Waals surface area contributed by atoms with E-state index in [0.29, 0.717) is 5.69 Å². The van der Waals surface area contributed by atoms with E-state index in [9.17, 15) is 10.1 Å². The van der Waals surface area contributed by atoms with Gasteiger partial charge in [0.25, 0.3) is 5.69 Å². The molecule has 29 heavy (non-hydrogen) atoms. The summed E-state index contributed by atoms with van der Waals surface area (Å²) in [6, 6.07) is 14.2. The molecule has 0 radical (unpaired) electrons. The molecular weight excluding hydrogens is 481 g/mol. The van der Waals surface area contributed by atoms with Gasteiger partial charge in [0.2, 0.25) is 0 Å². The lowest BCUT2D eigenvalue weighted by Gasteiger charge is -2.05. The molecule has 0 unspecified atom stereocenters. The molecule has 1 N–H and O–H groups in total. The van der Waals surface area contributed by atoms with Crippen LogP contribution in [-0.4, -0.2) is 20.4 Å². The molecule has 0 bridgehead atoms. The zero-order valence-electron chi connectivity index (χ0n) is 16.0. The van der Waals surface area contributed by atoms with Crippen LogP contribution >= 0.6 is 22.6 Å². The van der Waals surface area contributed by atoms with Gasteiger partial charge in [0.15, 0.2) is 0 Å². The lowest BCUT2D eigenvalue weighted by Crippen LogP contribution is -2.01. The van der Waals surface area contributed by atoms with Crippen molar-refractivity contribution in [2.24, 2.45) is 5.10 Å². The number of nitrogens with zero attached hydrogens (tertiary/aromatic N) is 4. The fourth-order valence-corrected chi connectivity index (χ4v) is 2.99. The standard InChI is InChI=1S/C21H20IN5O2/c1-3-26-14-17(15(2)25-26)6-13-21(16-4-7-18(22)8-5-16)24-23-19-9-11-20(12-10-19)27(28)29/h4-14,23H,3H2,1-2H3/b13-6+,24-21+. The summed E-state index contributed by atoms with van der Waals surface area (Å²) in [5.41, 5.74) is 7.37. The number of hydrogen-bond acceptors (Lipinski definition) is 5. The number of aromatic nitrogens is 2. The zero-order valence-corrected chi connectivity index (χ0v) is 18.2. The monoisotopic (exact) mass is 501 g/mol. The molecule has 0 aliphatic carbocycles. The number of allylic oxidation sites excluding steroid dienone is 1. The van der Waals surface area contributed by atoms with E-state index >= 15 is 0 Å². The van der Waals surface area contributed by atoms with Gasteiger partial charge < -0.3 is 0 Å². The first kappa shape index (κ1) is 20.7. The van der Waals surface area contributed by atoms with E-state index in [1.807, 2.05) is 61.1 Å². The van der Waals surface area contributed by atoms with Crippen molar-refractivity contribution in [2.75, 3.05) is 5.43 Å². The van der Waals surface area contributed by atoms with Crippen molar-refractivity contribution in [3.63, 3.8) is 0 Å². The molecule has 0 aliphatic rings. The SMILES string of the molecule is CCn1cc(/C=C/C(=N\Nc2ccc([N+](=O)[O-])cc2)c2ccc(I)cc2)c(C)n1. The van der Waals surface area contributed by atoms with Crippen molar-refractivity contribution >= 4 is 45.8 Å². The summed E-state index contributed by atoms with van der Waals surface area (Å²) < 4.78 is 3.03. The lowest BCUT2D eigenvalue weighted by molar-refractivity contribution is -0.384. The topological polar surface area (TPSA) is 85.3 Å². The predicted molar refractivity (Wildman–Crippen MR) is 124 cm³/mol. The van der Waals surface area contributed by atoms with Crippen LogP contribution in [-0.2, 0) is 6.54 Å². The number of rotatable bonds is 7. The first-order chi connectivity index (χ1) is 14.0. The highest BCUT2D eigenvalue weighted by atomic mass is 127. The minimum absolute atomic E-state index is 0.0423. The van der Waals surface area contributed by atoms with Crippen LogP contribution in [0.4, 0.5) is 11.4 Å². The largest absolute Gasteiger partial charge is 0.278 e. The van der Waals surface area contributed by atoms with E-state index in [0.717, 1.165) is 32.6 Å². The molecule has 0 amide bonds. The quantitative estimate of drug-likeness (QED) is 0.207. The highest BCUT2D eigenvalue weighted by molar-refractivity contribution is 14.1. The van der Waals surface area contributed by atoms with Crippen molar-refractivity contribution < 1.29 is 4.92 Å². The summed E-state index contributed by atoms with van der Waals surface area (Å²) in [6.07, 6.45) is 5.93. The smallest absolute Gasteiger partial charge is 0.269 e. The van der Waals surface area contributed by atoms with Gasteiger partial charge in [-0.25, -0.2) is 0 Å². The van der Waals surface area contributed by atoms with E-state index in [4.69, 9.17) is 0 Å². The van der Waals surface area contributed by atoms with E-state index in [1.54, 1.807) is 12.1 Å². The van der Waals surface area contributed by atoms with Gasteiger partial charge >= 0.3 is 0 Å². The fourth-order valence-electron chi connectivity index (χ4n) is 2.63. The number of non-ortho nitro benzene ring substituents is 1. The number of aryl methyl sites for hydroxylation is 2. The third-order valence-electron chi connectivity index (χ3n) is 4.25. The first-order valence-electron chi connectivity index (χ1n) is 9.02. The van der Waals surface area contributed by atoms with Gasteiger partial charge in [0.05, 0.1) is 22.0 Å². The Morgan fingerprint density at radius 1 is 1.24 bits per heavy atom. The molecule has 1 aromatic heterocycles. The predicted octanol–water partition coefficient (Wildman–Crippen LogP) is 5.25. The van der Waals surface area contributed by atoms with Crippen LogP contribution in [0.2, 0.25) is 0 Å². The van der Waals surface area contributed by atoms with Gasteiger partial charge in [0.1, 0.15) is 0 Å². The van der Waals surface area contributed by atoms with Crippen molar-refractivity contribution in [3.05, 3.63) is 91.3 Å². The van der Waals surface area contributed by atoms with Crippen LogP contribution < -0.4 is 5.43 Å². The van der Waals surface area contributed by atoms with E-state index < -0.39 is 4.92 Å². The van der Waals surface area contributed by atoms with Crippen LogP contribution in [0.5, 0.6) is 0 Å². The molecule has 0 fully saturated rings. The summed E-state index contributed by atoms with van der Waals surface area (Å²) in [4.78, 5) is 10.4. The minimum Gasteiger partial charge on any atom is -0.278 e.